The average Bonchev–Trinajstić information content (AvgIpc) is 2.71. The van der Waals surface area contributed by atoms with E-state index in [0.29, 0.717) is 17.4 Å². The van der Waals surface area contributed by atoms with Crippen LogP contribution in [0.15, 0.2) is 12.4 Å². The topological polar surface area (TPSA) is 81.7 Å². The molecule has 0 unspecified atom stereocenters. The number of aromatic nitrogens is 4. The molecule has 0 amide bonds. The molecule has 0 radical (unpaired) electrons. The van der Waals surface area contributed by atoms with E-state index in [0.717, 1.165) is 22.6 Å². The monoisotopic (exact) mass is 276 g/mol. The number of aryl methyl sites for hydroxylation is 3. The summed E-state index contributed by atoms with van der Waals surface area (Å²) in [6.07, 6.45) is 1.66. The van der Waals surface area contributed by atoms with E-state index in [-0.39, 0.29) is 0 Å². The Kier molecular flexibility index (Phi) is 3.75. The maximum absolute atomic E-state index is 5.75. The van der Waals surface area contributed by atoms with Crippen molar-refractivity contribution in [2.24, 2.45) is 12.8 Å². The highest BCUT2D eigenvalue weighted by molar-refractivity contribution is 7.80. The lowest BCUT2D eigenvalue weighted by Gasteiger charge is -2.13. The molecule has 0 aliphatic rings. The molecule has 0 atom stereocenters. The van der Waals surface area contributed by atoms with E-state index in [1.54, 1.807) is 11.0 Å². The number of nitrogens with one attached hydrogen (secondary N) is 1. The number of nitrogens with zero attached hydrogens (tertiary/aromatic N) is 4. The Hall–Kier alpha value is -2.02. The van der Waals surface area contributed by atoms with Gasteiger partial charge in [-0.1, -0.05) is 12.2 Å². The van der Waals surface area contributed by atoms with Crippen LogP contribution in [0.5, 0.6) is 0 Å². The molecule has 2 heterocycles. The molecule has 7 heteroatoms. The van der Waals surface area contributed by atoms with E-state index in [1.807, 2.05) is 27.0 Å². The number of pyridine rings is 1. The Bertz CT molecular complexity index is 619. The Balaban J connectivity index is 2.26. The first kappa shape index (κ1) is 13.4. The molecule has 0 aromatic carbocycles. The lowest BCUT2D eigenvalue weighted by Crippen LogP contribution is -2.16. The molecule has 100 valence electrons. The van der Waals surface area contributed by atoms with Gasteiger partial charge in [0, 0.05) is 24.1 Å². The minimum absolute atomic E-state index is 0.335. The van der Waals surface area contributed by atoms with Crippen LogP contribution < -0.4 is 11.1 Å². The first-order chi connectivity index (χ1) is 8.97. The first-order valence-electron chi connectivity index (χ1n) is 5.84. The predicted molar refractivity (Wildman–Crippen MR) is 77.9 cm³/mol. The fourth-order valence-electron chi connectivity index (χ4n) is 1.92. The van der Waals surface area contributed by atoms with Gasteiger partial charge in [0.1, 0.15) is 11.3 Å². The summed E-state index contributed by atoms with van der Waals surface area (Å²) in [4.78, 5) is 8.87. The molecule has 2 aromatic rings. The van der Waals surface area contributed by atoms with Crippen molar-refractivity contribution in [3.63, 3.8) is 0 Å². The summed E-state index contributed by atoms with van der Waals surface area (Å²) in [5.74, 6) is 0.712. The number of anilines is 1. The van der Waals surface area contributed by atoms with Gasteiger partial charge in [-0.2, -0.15) is 5.10 Å². The third-order valence-electron chi connectivity index (χ3n) is 2.66. The fourth-order valence-corrected chi connectivity index (χ4v) is 2.18. The maximum atomic E-state index is 5.75. The van der Waals surface area contributed by atoms with Crippen molar-refractivity contribution in [2.75, 3.05) is 5.32 Å². The first-order valence-corrected chi connectivity index (χ1v) is 6.24. The maximum Gasteiger partial charge on any atom is 0.169 e. The van der Waals surface area contributed by atoms with Crippen LogP contribution in [0.2, 0.25) is 0 Å². The van der Waals surface area contributed by atoms with Gasteiger partial charge in [-0.3, -0.25) is 9.67 Å². The molecule has 0 spiro atoms. The van der Waals surface area contributed by atoms with Gasteiger partial charge in [0.2, 0.25) is 0 Å². The van der Waals surface area contributed by atoms with Gasteiger partial charge < -0.3 is 11.1 Å². The van der Waals surface area contributed by atoms with E-state index in [1.165, 1.54) is 0 Å². The zero-order valence-electron chi connectivity index (χ0n) is 11.1. The van der Waals surface area contributed by atoms with E-state index >= 15 is 0 Å². The quantitative estimate of drug-likeness (QED) is 0.813. The molecule has 0 aliphatic heterocycles. The van der Waals surface area contributed by atoms with Crippen LogP contribution in [0.25, 0.3) is 0 Å². The number of rotatable bonds is 4. The van der Waals surface area contributed by atoms with Crippen LogP contribution in [-0.2, 0) is 13.6 Å². The van der Waals surface area contributed by atoms with Crippen molar-refractivity contribution in [1.29, 1.82) is 0 Å². The third-order valence-corrected chi connectivity index (χ3v) is 2.86. The lowest BCUT2D eigenvalue weighted by molar-refractivity contribution is 0.747. The SMILES string of the molecule is Cc1cc(NCc2ncn(C)n2)c(C(N)=S)c(C)n1. The molecule has 0 saturated carbocycles. The molecule has 6 nitrogen and oxygen atoms in total. The molecule has 19 heavy (non-hydrogen) atoms. The average molecular weight is 276 g/mol. The molecule has 2 aromatic heterocycles. The van der Waals surface area contributed by atoms with Gasteiger partial charge in [-0.25, -0.2) is 4.98 Å². The van der Waals surface area contributed by atoms with Crippen LogP contribution in [0.1, 0.15) is 22.8 Å². The van der Waals surface area contributed by atoms with E-state index in [4.69, 9.17) is 18.0 Å². The second-order valence-corrected chi connectivity index (χ2v) is 4.76. The summed E-state index contributed by atoms with van der Waals surface area (Å²) in [6, 6.07) is 1.92. The Labute approximate surface area is 117 Å². The fraction of sp³-hybridized carbons (Fsp3) is 0.333. The van der Waals surface area contributed by atoms with Crippen molar-refractivity contribution >= 4 is 22.9 Å². The second-order valence-electron chi connectivity index (χ2n) is 4.32. The summed E-state index contributed by atoms with van der Waals surface area (Å²) in [7, 11) is 1.83. The molecular weight excluding hydrogens is 260 g/mol. The van der Waals surface area contributed by atoms with Crippen LogP contribution in [-0.4, -0.2) is 24.7 Å². The van der Waals surface area contributed by atoms with E-state index < -0.39 is 0 Å². The van der Waals surface area contributed by atoms with Gasteiger partial charge in [0.25, 0.3) is 0 Å². The third kappa shape index (κ3) is 3.05. The van der Waals surface area contributed by atoms with Crippen LogP contribution in [0.3, 0.4) is 0 Å². The van der Waals surface area contributed by atoms with Crippen molar-refractivity contribution in [2.45, 2.75) is 20.4 Å². The minimum Gasteiger partial charge on any atom is -0.389 e. The molecule has 2 rings (SSSR count). The summed E-state index contributed by atoms with van der Waals surface area (Å²) in [6.45, 7) is 4.34. The number of thiocarbonyl (C=S) groups is 1. The minimum atomic E-state index is 0.335. The molecule has 0 bridgehead atoms. The van der Waals surface area contributed by atoms with Crippen LogP contribution >= 0.6 is 12.2 Å². The zero-order valence-corrected chi connectivity index (χ0v) is 12.0. The Morgan fingerprint density at radius 3 is 2.79 bits per heavy atom. The zero-order chi connectivity index (χ0) is 14.0. The van der Waals surface area contributed by atoms with E-state index in [2.05, 4.69) is 20.4 Å². The van der Waals surface area contributed by atoms with Gasteiger partial charge in [0.05, 0.1) is 12.1 Å². The van der Waals surface area contributed by atoms with Gasteiger partial charge in [-0.15, -0.1) is 0 Å². The molecule has 0 fully saturated rings. The van der Waals surface area contributed by atoms with Gasteiger partial charge in [0.15, 0.2) is 5.82 Å². The largest absolute Gasteiger partial charge is 0.389 e. The summed E-state index contributed by atoms with van der Waals surface area (Å²) < 4.78 is 1.66. The molecule has 0 saturated heterocycles. The molecule has 3 N–H and O–H groups in total. The number of nitrogens with two attached hydrogens (primary N) is 1. The second kappa shape index (κ2) is 5.31. The molecule has 0 aliphatic carbocycles. The number of hydrogen-bond acceptors (Lipinski definition) is 5. The Morgan fingerprint density at radius 1 is 1.47 bits per heavy atom. The highest BCUT2D eigenvalue weighted by Gasteiger charge is 2.11. The summed E-state index contributed by atoms with van der Waals surface area (Å²) >= 11 is 5.08. The number of hydrogen-bond donors (Lipinski definition) is 2. The van der Waals surface area contributed by atoms with Crippen LogP contribution in [0, 0.1) is 13.8 Å². The van der Waals surface area contributed by atoms with Crippen LogP contribution in [0.4, 0.5) is 5.69 Å². The van der Waals surface area contributed by atoms with Gasteiger partial charge >= 0.3 is 0 Å². The van der Waals surface area contributed by atoms with Crippen molar-refractivity contribution in [3.8, 4) is 0 Å². The van der Waals surface area contributed by atoms with E-state index in [9.17, 15) is 0 Å². The smallest absolute Gasteiger partial charge is 0.169 e. The normalized spacial score (nSPS) is 10.5. The Morgan fingerprint density at radius 2 is 2.21 bits per heavy atom. The highest BCUT2D eigenvalue weighted by Crippen LogP contribution is 2.20. The van der Waals surface area contributed by atoms with Crippen molar-refractivity contribution < 1.29 is 0 Å². The van der Waals surface area contributed by atoms with Gasteiger partial charge in [-0.05, 0) is 19.9 Å². The van der Waals surface area contributed by atoms with Crippen molar-refractivity contribution in [1.82, 2.24) is 19.7 Å². The summed E-state index contributed by atoms with van der Waals surface area (Å²) in [5, 5.41) is 7.47. The van der Waals surface area contributed by atoms with Crippen molar-refractivity contribution in [3.05, 3.63) is 35.2 Å². The standard InChI is InChI=1S/C12H16N6S/c1-7-4-9(11(12(13)19)8(2)16-7)14-5-10-15-6-18(3)17-10/h4,6H,5H2,1-3H3,(H2,13,19)(H,14,16). The lowest BCUT2D eigenvalue weighted by atomic mass is 10.1. The predicted octanol–water partition coefficient (Wildman–Crippen LogP) is 1.07. The summed E-state index contributed by atoms with van der Waals surface area (Å²) in [5.41, 5.74) is 9.13. The molecular formula is C12H16N6S. The highest BCUT2D eigenvalue weighted by atomic mass is 32.1.